The molecule has 3 amide bonds. The number of benzene rings is 2. The van der Waals surface area contributed by atoms with Gasteiger partial charge in [-0.3, -0.25) is 10.1 Å². The molecule has 1 saturated heterocycles. The third kappa shape index (κ3) is 3.38. The number of urea groups is 1. The lowest BCUT2D eigenvalue weighted by Gasteiger charge is -2.13. The van der Waals surface area contributed by atoms with Crippen LogP contribution in [0.15, 0.2) is 54.2 Å². The molecule has 6 heteroatoms. The van der Waals surface area contributed by atoms with E-state index in [1.54, 1.807) is 31.4 Å². The summed E-state index contributed by atoms with van der Waals surface area (Å²) in [6.45, 7) is 0.357. The predicted octanol–water partition coefficient (Wildman–Crippen LogP) is 2.45. The second kappa shape index (κ2) is 6.87. The number of rotatable bonds is 5. The zero-order valence-electron chi connectivity index (χ0n) is 13.0. The molecule has 6 nitrogen and oxygen atoms in total. The second-order valence-corrected chi connectivity index (χ2v) is 5.12. The second-order valence-electron chi connectivity index (χ2n) is 5.12. The third-order valence-corrected chi connectivity index (χ3v) is 3.48. The van der Waals surface area contributed by atoms with E-state index in [1.807, 2.05) is 30.3 Å². The van der Waals surface area contributed by atoms with Gasteiger partial charge in [0, 0.05) is 5.56 Å². The fourth-order valence-electron chi connectivity index (χ4n) is 2.33. The van der Waals surface area contributed by atoms with E-state index in [4.69, 9.17) is 9.47 Å². The van der Waals surface area contributed by atoms with E-state index in [0.717, 1.165) is 5.56 Å². The molecular weight excluding hydrogens is 308 g/mol. The lowest BCUT2D eigenvalue weighted by Crippen LogP contribution is -2.22. The number of methoxy groups -OCH3 is 1. The molecule has 2 N–H and O–H groups in total. The first kappa shape index (κ1) is 15.6. The molecular formula is C18H16N2O4. The number of hydrogen-bond acceptors (Lipinski definition) is 4. The SMILES string of the molecule is COc1cccc(C=C2NC(=O)NC2=O)c1OCc1ccccc1. The highest BCUT2D eigenvalue weighted by Crippen LogP contribution is 2.33. The minimum absolute atomic E-state index is 0.165. The minimum atomic E-state index is -0.541. The van der Waals surface area contributed by atoms with E-state index in [9.17, 15) is 9.59 Å². The number of nitrogens with one attached hydrogen (secondary N) is 2. The molecule has 3 rings (SSSR count). The molecule has 0 bridgehead atoms. The molecule has 0 saturated carbocycles. The zero-order chi connectivity index (χ0) is 16.9. The molecule has 24 heavy (non-hydrogen) atoms. The van der Waals surface area contributed by atoms with Crippen molar-refractivity contribution in [2.75, 3.05) is 7.11 Å². The number of imide groups is 1. The molecule has 2 aromatic rings. The van der Waals surface area contributed by atoms with Crippen molar-refractivity contribution in [1.29, 1.82) is 0 Å². The number of ether oxygens (including phenoxy) is 2. The quantitative estimate of drug-likeness (QED) is 0.654. The first-order chi connectivity index (χ1) is 11.7. The summed E-state index contributed by atoms with van der Waals surface area (Å²) in [6, 6.07) is 14.5. The summed E-state index contributed by atoms with van der Waals surface area (Å²) < 4.78 is 11.2. The van der Waals surface area contributed by atoms with Crippen molar-refractivity contribution in [3.63, 3.8) is 0 Å². The van der Waals surface area contributed by atoms with Gasteiger partial charge in [0.05, 0.1) is 7.11 Å². The average molecular weight is 324 g/mol. The number of carbonyl (C=O) groups excluding carboxylic acids is 2. The summed E-state index contributed by atoms with van der Waals surface area (Å²) in [7, 11) is 1.55. The van der Waals surface area contributed by atoms with E-state index >= 15 is 0 Å². The van der Waals surface area contributed by atoms with Crippen molar-refractivity contribution >= 4 is 18.0 Å². The third-order valence-electron chi connectivity index (χ3n) is 3.48. The molecule has 0 aliphatic carbocycles. The summed E-state index contributed by atoms with van der Waals surface area (Å²) in [5.41, 5.74) is 1.81. The monoisotopic (exact) mass is 324 g/mol. The Balaban J connectivity index is 1.90. The van der Waals surface area contributed by atoms with Gasteiger partial charge in [-0.25, -0.2) is 4.79 Å². The van der Waals surface area contributed by atoms with Crippen LogP contribution in [0.2, 0.25) is 0 Å². The van der Waals surface area contributed by atoms with Crippen LogP contribution in [0.5, 0.6) is 11.5 Å². The summed E-state index contributed by atoms with van der Waals surface area (Å²) in [6.07, 6.45) is 1.56. The van der Waals surface area contributed by atoms with Gasteiger partial charge < -0.3 is 14.8 Å². The Hall–Kier alpha value is -3.28. The highest BCUT2D eigenvalue weighted by molar-refractivity contribution is 6.14. The van der Waals surface area contributed by atoms with Crippen LogP contribution in [0.3, 0.4) is 0 Å². The summed E-state index contributed by atoms with van der Waals surface area (Å²) in [5, 5.41) is 4.62. The summed E-state index contributed by atoms with van der Waals surface area (Å²) >= 11 is 0. The normalized spacial score (nSPS) is 15.1. The van der Waals surface area contributed by atoms with Gasteiger partial charge in [-0.1, -0.05) is 42.5 Å². The maximum atomic E-state index is 11.7. The largest absolute Gasteiger partial charge is 0.493 e. The fourth-order valence-corrected chi connectivity index (χ4v) is 2.33. The molecule has 1 aliphatic rings. The Bertz CT molecular complexity index is 800. The van der Waals surface area contributed by atoms with Crippen molar-refractivity contribution in [1.82, 2.24) is 10.6 Å². The van der Waals surface area contributed by atoms with Gasteiger partial charge >= 0.3 is 6.03 Å². The van der Waals surface area contributed by atoms with E-state index in [0.29, 0.717) is 23.7 Å². The van der Waals surface area contributed by atoms with Gasteiger partial charge in [-0.05, 0) is 17.7 Å². The van der Waals surface area contributed by atoms with Crippen LogP contribution in [0.1, 0.15) is 11.1 Å². The number of para-hydroxylation sites is 1. The van der Waals surface area contributed by atoms with Crippen molar-refractivity contribution in [2.45, 2.75) is 6.61 Å². The van der Waals surface area contributed by atoms with Gasteiger partial charge in [0.25, 0.3) is 5.91 Å². The minimum Gasteiger partial charge on any atom is -0.493 e. The van der Waals surface area contributed by atoms with Crippen molar-refractivity contribution in [3.8, 4) is 11.5 Å². The van der Waals surface area contributed by atoms with Gasteiger partial charge in [0.2, 0.25) is 0 Å². The number of carbonyl (C=O) groups is 2. The van der Waals surface area contributed by atoms with Crippen LogP contribution in [0.4, 0.5) is 4.79 Å². The Labute approximate surface area is 139 Å². The standard InChI is InChI=1S/C18H16N2O4/c1-23-15-9-5-8-13(10-14-17(21)20-18(22)19-14)16(15)24-11-12-6-3-2-4-7-12/h2-10H,11H2,1H3,(H2,19,20,21,22). The average Bonchev–Trinajstić information content (AvgIpc) is 2.91. The maximum absolute atomic E-state index is 11.7. The van der Waals surface area contributed by atoms with Crippen LogP contribution in [-0.4, -0.2) is 19.0 Å². The lowest BCUT2D eigenvalue weighted by molar-refractivity contribution is -0.115. The van der Waals surface area contributed by atoms with Crippen molar-refractivity contribution in [2.24, 2.45) is 0 Å². The Morgan fingerprint density at radius 3 is 2.46 bits per heavy atom. The highest BCUT2D eigenvalue weighted by Gasteiger charge is 2.23. The Morgan fingerprint density at radius 2 is 1.79 bits per heavy atom. The van der Waals surface area contributed by atoms with E-state index < -0.39 is 11.9 Å². The lowest BCUT2D eigenvalue weighted by atomic mass is 10.1. The molecule has 0 atom stereocenters. The van der Waals surface area contributed by atoms with Crippen LogP contribution in [-0.2, 0) is 11.4 Å². The summed E-state index contributed by atoms with van der Waals surface area (Å²) in [5.74, 6) is 0.576. The molecule has 0 unspecified atom stereocenters. The molecule has 1 aliphatic heterocycles. The maximum Gasteiger partial charge on any atom is 0.326 e. The van der Waals surface area contributed by atoms with Gasteiger partial charge in [0.15, 0.2) is 11.5 Å². The Kier molecular flexibility index (Phi) is 4.47. The van der Waals surface area contributed by atoms with E-state index in [2.05, 4.69) is 10.6 Å². The molecule has 0 radical (unpaired) electrons. The van der Waals surface area contributed by atoms with Crippen LogP contribution in [0.25, 0.3) is 6.08 Å². The molecule has 2 aromatic carbocycles. The predicted molar refractivity (Wildman–Crippen MR) is 88.4 cm³/mol. The fraction of sp³-hybridized carbons (Fsp3) is 0.111. The smallest absolute Gasteiger partial charge is 0.326 e. The first-order valence-corrected chi connectivity index (χ1v) is 7.35. The first-order valence-electron chi connectivity index (χ1n) is 7.35. The molecule has 1 fully saturated rings. The van der Waals surface area contributed by atoms with Gasteiger partial charge in [-0.15, -0.1) is 0 Å². The van der Waals surface area contributed by atoms with Crippen LogP contribution < -0.4 is 20.1 Å². The highest BCUT2D eigenvalue weighted by atomic mass is 16.5. The van der Waals surface area contributed by atoms with Gasteiger partial charge in [0.1, 0.15) is 12.3 Å². The zero-order valence-corrected chi connectivity index (χ0v) is 13.0. The molecule has 1 heterocycles. The molecule has 122 valence electrons. The van der Waals surface area contributed by atoms with Crippen molar-refractivity contribution < 1.29 is 19.1 Å². The van der Waals surface area contributed by atoms with Crippen LogP contribution in [0, 0.1) is 0 Å². The van der Waals surface area contributed by atoms with Crippen LogP contribution >= 0.6 is 0 Å². The Morgan fingerprint density at radius 1 is 1.00 bits per heavy atom. The topological polar surface area (TPSA) is 76.7 Å². The number of hydrogen-bond donors (Lipinski definition) is 2. The number of amides is 3. The van der Waals surface area contributed by atoms with Gasteiger partial charge in [-0.2, -0.15) is 0 Å². The summed E-state index contributed by atoms with van der Waals surface area (Å²) in [4.78, 5) is 22.9. The van der Waals surface area contributed by atoms with Crippen molar-refractivity contribution in [3.05, 3.63) is 65.4 Å². The molecule has 0 spiro atoms. The molecule has 0 aromatic heterocycles. The van der Waals surface area contributed by atoms with E-state index in [-0.39, 0.29) is 5.70 Å². The van der Waals surface area contributed by atoms with E-state index in [1.165, 1.54) is 0 Å².